The SMILES string of the molecule is O=CC1NCNCN1.[NaH]. The van der Waals surface area contributed by atoms with Crippen LogP contribution in [-0.4, -0.2) is 55.3 Å². The van der Waals surface area contributed by atoms with E-state index in [1.54, 1.807) is 0 Å². The van der Waals surface area contributed by atoms with Crippen molar-refractivity contribution in [2.24, 2.45) is 0 Å². The molecule has 0 bridgehead atoms. The quantitative estimate of drug-likeness (QED) is 0.279. The van der Waals surface area contributed by atoms with Crippen LogP contribution < -0.4 is 16.0 Å². The van der Waals surface area contributed by atoms with Gasteiger partial charge in [0.2, 0.25) is 0 Å². The minimum absolute atomic E-state index is 0. The summed E-state index contributed by atoms with van der Waals surface area (Å²) < 4.78 is 0. The molecular weight excluding hydrogens is 129 g/mol. The van der Waals surface area contributed by atoms with Crippen molar-refractivity contribution in [3.05, 3.63) is 0 Å². The van der Waals surface area contributed by atoms with Crippen LogP contribution in [0.3, 0.4) is 0 Å². The van der Waals surface area contributed by atoms with E-state index in [1.807, 2.05) is 0 Å². The van der Waals surface area contributed by atoms with Gasteiger partial charge in [-0.25, -0.2) is 0 Å². The van der Waals surface area contributed by atoms with E-state index in [2.05, 4.69) is 16.0 Å². The Morgan fingerprint density at radius 3 is 2.22 bits per heavy atom. The summed E-state index contributed by atoms with van der Waals surface area (Å²) in [6, 6.07) is 0. The van der Waals surface area contributed by atoms with Crippen molar-refractivity contribution < 1.29 is 4.79 Å². The van der Waals surface area contributed by atoms with Gasteiger partial charge in [0.1, 0.15) is 6.17 Å². The Morgan fingerprint density at radius 2 is 1.89 bits per heavy atom. The van der Waals surface area contributed by atoms with Crippen molar-refractivity contribution >= 4 is 35.8 Å². The molecule has 0 unspecified atom stereocenters. The zero-order chi connectivity index (χ0) is 5.82. The molecule has 48 valence electrons. The van der Waals surface area contributed by atoms with Crippen LogP contribution in [0.25, 0.3) is 0 Å². The molecule has 3 N–H and O–H groups in total. The minimum atomic E-state index is -0.156. The fourth-order valence-corrected chi connectivity index (χ4v) is 0.595. The van der Waals surface area contributed by atoms with E-state index in [9.17, 15) is 4.79 Å². The second-order valence-corrected chi connectivity index (χ2v) is 1.63. The van der Waals surface area contributed by atoms with Crippen LogP contribution in [-0.2, 0) is 4.79 Å². The molecule has 0 radical (unpaired) electrons. The van der Waals surface area contributed by atoms with Crippen molar-refractivity contribution in [1.82, 2.24) is 16.0 Å². The fourth-order valence-electron chi connectivity index (χ4n) is 0.595. The zero-order valence-electron chi connectivity index (χ0n) is 4.48. The molecule has 4 nitrogen and oxygen atoms in total. The van der Waals surface area contributed by atoms with Crippen LogP contribution in [0, 0.1) is 0 Å². The third-order valence-corrected chi connectivity index (χ3v) is 1.03. The summed E-state index contributed by atoms with van der Waals surface area (Å²) in [6.45, 7) is 1.41. The summed E-state index contributed by atoms with van der Waals surface area (Å²) in [6.07, 6.45) is 0.692. The van der Waals surface area contributed by atoms with Gasteiger partial charge in [0, 0.05) is 13.3 Å². The van der Waals surface area contributed by atoms with Crippen molar-refractivity contribution in [3.63, 3.8) is 0 Å². The standard InChI is InChI=1S/C4H9N3O.Na.H/c8-1-4-6-2-5-3-7-4;;/h1,4-7H,2-3H2;;. The van der Waals surface area contributed by atoms with Crippen LogP contribution in [0.4, 0.5) is 0 Å². The monoisotopic (exact) mass is 139 g/mol. The van der Waals surface area contributed by atoms with Gasteiger partial charge in [0.25, 0.3) is 0 Å². The number of rotatable bonds is 1. The Balaban J connectivity index is 0.000000640. The molecule has 0 aromatic carbocycles. The third kappa shape index (κ3) is 3.30. The van der Waals surface area contributed by atoms with Gasteiger partial charge in [-0.05, 0) is 0 Å². The van der Waals surface area contributed by atoms with E-state index >= 15 is 0 Å². The van der Waals surface area contributed by atoms with Crippen LogP contribution in [0.1, 0.15) is 0 Å². The second kappa shape index (κ2) is 5.34. The molecule has 1 fully saturated rings. The second-order valence-electron chi connectivity index (χ2n) is 1.63. The van der Waals surface area contributed by atoms with Crippen LogP contribution in [0.15, 0.2) is 0 Å². The first-order valence-corrected chi connectivity index (χ1v) is 2.56. The average Bonchev–Trinajstić information content (AvgIpc) is 1.90. The summed E-state index contributed by atoms with van der Waals surface area (Å²) >= 11 is 0. The van der Waals surface area contributed by atoms with E-state index in [1.165, 1.54) is 0 Å². The number of carbonyl (C=O) groups is 1. The molecule has 9 heavy (non-hydrogen) atoms. The molecule has 1 aliphatic heterocycles. The van der Waals surface area contributed by atoms with Crippen LogP contribution in [0.2, 0.25) is 0 Å². The summed E-state index contributed by atoms with van der Waals surface area (Å²) in [4.78, 5) is 10.0. The Kier molecular flexibility index (Phi) is 5.67. The molecule has 1 heterocycles. The number of aldehydes is 1. The van der Waals surface area contributed by atoms with Gasteiger partial charge in [0.05, 0.1) is 0 Å². The molecule has 0 spiro atoms. The number of hydrogen-bond acceptors (Lipinski definition) is 4. The molecule has 0 aliphatic carbocycles. The topological polar surface area (TPSA) is 53.2 Å². The van der Waals surface area contributed by atoms with Gasteiger partial charge in [0.15, 0.2) is 6.29 Å². The van der Waals surface area contributed by atoms with E-state index in [0.717, 1.165) is 6.29 Å². The summed E-state index contributed by atoms with van der Waals surface area (Å²) in [5.74, 6) is 0. The first kappa shape index (κ1) is 9.55. The van der Waals surface area contributed by atoms with Crippen molar-refractivity contribution in [3.8, 4) is 0 Å². The first-order valence-electron chi connectivity index (χ1n) is 2.56. The van der Waals surface area contributed by atoms with E-state index in [4.69, 9.17) is 0 Å². The van der Waals surface area contributed by atoms with Crippen molar-refractivity contribution in [2.75, 3.05) is 13.3 Å². The summed E-state index contributed by atoms with van der Waals surface area (Å²) in [5.41, 5.74) is 0. The van der Waals surface area contributed by atoms with Crippen LogP contribution >= 0.6 is 0 Å². The summed E-state index contributed by atoms with van der Waals surface area (Å²) in [7, 11) is 0. The Morgan fingerprint density at radius 1 is 1.33 bits per heavy atom. The molecule has 1 saturated heterocycles. The molecule has 5 heteroatoms. The fraction of sp³-hybridized carbons (Fsp3) is 0.750. The maximum atomic E-state index is 10.0. The normalized spacial score (nSPS) is 20.4. The molecule has 1 rings (SSSR count). The van der Waals surface area contributed by atoms with Gasteiger partial charge in [-0.3, -0.25) is 16.0 Å². The first-order chi connectivity index (χ1) is 3.93. The van der Waals surface area contributed by atoms with Gasteiger partial charge in [-0.15, -0.1) is 0 Å². The van der Waals surface area contributed by atoms with E-state index in [-0.39, 0.29) is 35.7 Å². The van der Waals surface area contributed by atoms with Gasteiger partial charge in [-0.2, -0.15) is 0 Å². The van der Waals surface area contributed by atoms with Gasteiger partial charge in [-0.1, -0.05) is 0 Å². The van der Waals surface area contributed by atoms with Crippen molar-refractivity contribution in [1.29, 1.82) is 0 Å². The van der Waals surface area contributed by atoms with E-state index < -0.39 is 0 Å². The average molecular weight is 139 g/mol. The number of hydrogen-bond donors (Lipinski definition) is 3. The molecule has 0 saturated carbocycles. The predicted molar refractivity (Wildman–Crippen MR) is 36.1 cm³/mol. The Bertz CT molecular complexity index is 83.9. The molecule has 0 atom stereocenters. The molecule has 0 aromatic rings. The predicted octanol–water partition coefficient (Wildman–Crippen LogP) is -2.44. The molecule has 1 aliphatic rings. The van der Waals surface area contributed by atoms with Gasteiger partial charge >= 0.3 is 29.6 Å². The summed E-state index contributed by atoms with van der Waals surface area (Å²) in [5, 5.41) is 8.72. The Labute approximate surface area is 76.1 Å². The molecule has 0 aromatic heterocycles. The molecular formula is C4H10N3NaO. The number of nitrogens with one attached hydrogen (secondary N) is 3. The maximum absolute atomic E-state index is 10.0. The van der Waals surface area contributed by atoms with E-state index in [0.29, 0.717) is 13.3 Å². The third-order valence-electron chi connectivity index (χ3n) is 1.03. The Hall–Kier alpha value is 0.550. The molecule has 0 amide bonds. The van der Waals surface area contributed by atoms with Crippen molar-refractivity contribution in [2.45, 2.75) is 6.17 Å². The van der Waals surface area contributed by atoms with Gasteiger partial charge < -0.3 is 4.79 Å². The zero-order valence-corrected chi connectivity index (χ0v) is 4.48. The number of carbonyl (C=O) groups excluding carboxylic acids is 1. The van der Waals surface area contributed by atoms with Crippen LogP contribution in [0.5, 0.6) is 0 Å².